The lowest BCUT2D eigenvalue weighted by Crippen LogP contribution is -2.37. The van der Waals surface area contributed by atoms with Crippen molar-refractivity contribution in [3.8, 4) is 5.82 Å². The van der Waals surface area contributed by atoms with Crippen molar-refractivity contribution < 1.29 is 18.3 Å². The van der Waals surface area contributed by atoms with Crippen LogP contribution in [0.1, 0.15) is 82.8 Å². The molecule has 9 nitrogen and oxygen atoms in total. The molecule has 0 spiro atoms. The van der Waals surface area contributed by atoms with Gasteiger partial charge in [-0.1, -0.05) is 64.0 Å². The number of rotatable bonds is 6. The first-order valence-corrected chi connectivity index (χ1v) is 15.8. The molecule has 6 rings (SSSR count). The summed E-state index contributed by atoms with van der Waals surface area (Å²) < 4.78 is 33.9. The van der Waals surface area contributed by atoms with Gasteiger partial charge in [0, 0.05) is 25.7 Å². The Morgan fingerprint density at radius 3 is 2.40 bits per heavy atom. The summed E-state index contributed by atoms with van der Waals surface area (Å²) in [7, 11) is 0. The molecule has 1 atom stereocenters. The van der Waals surface area contributed by atoms with E-state index in [0.29, 0.717) is 54.8 Å². The van der Waals surface area contributed by atoms with E-state index in [1.54, 1.807) is 37.3 Å². The monoisotopic (exact) mass is 599 g/mol. The van der Waals surface area contributed by atoms with Gasteiger partial charge >= 0.3 is 0 Å². The number of carbonyl (C=O) groups excluding carboxylic acids is 1. The van der Waals surface area contributed by atoms with E-state index in [4.69, 9.17) is 10.5 Å². The molecule has 1 saturated carbocycles. The lowest BCUT2D eigenvalue weighted by molar-refractivity contribution is -0.122. The van der Waals surface area contributed by atoms with Crippen LogP contribution >= 0.6 is 0 Å². The van der Waals surface area contributed by atoms with Crippen LogP contribution in [0.15, 0.2) is 30.3 Å². The number of anilines is 1. The number of alkyl halides is 2. The minimum atomic E-state index is -2.70. The second-order valence-electron chi connectivity index (χ2n) is 11.6. The molecule has 43 heavy (non-hydrogen) atoms. The smallest absolute Gasteiger partial charge is 0.296 e. The van der Waals surface area contributed by atoms with Crippen molar-refractivity contribution in [2.75, 3.05) is 44.3 Å². The highest BCUT2D eigenvalue weighted by Gasteiger charge is 2.23. The van der Waals surface area contributed by atoms with Crippen LogP contribution in [0.25, 0.3) is 16.9 Å². The molecule has 0 bridgehead atoms. The fourth-order valence-corrected chi connectivity index (χ4v) is 6.02. The van der Waals surface area contributed by atoms with Gasteiger partial charge in [-0.3, -0.25) is 9.36 Å². The molecule has 3 fully saturated rings. The highest BCUT2D eigenvalue weighted by atomic mass is 19.3. The Kier molecular flexibility index (Phi) is 12.6. The standard InChI is InChI=1S/C17H17F2N5O.C9H18.C6H12N2O/c1-11-20-14(23-6-8-25-9-7-23)10-15(21-11)24-13-5-3-2-4-12(13)22-17(24)16(18)19;1-2-6-9-7-4-3-5-8-9;7-6(9)5-2-1-3-8-4-5/h2-5,10,16H,6-9H2,1H3;9H,2-8H2,1H3;5,8H,1-4H2,(H2,7,9). The van der Waals surface area contributed by atoms with Crippen LogP contribution in [0.4, 0.5) is 14.6 Å². The number of nitrogens with zero attached hydrogens (tertiary/aromatic N) is 5. The van der Waals surface area contributed by atoms with Gasteiger partial charge in [0.05, 0.1) is 30.2 Å². The molecule has 1 aliphatic carbocycles. The number of nitrogens with two attached hydrogens (primary N) is 1. The zero-order valence-electron chi connectivity index (χ0n) is 25.6. The van der Waals surface area contributed by atoms with Gasteiger partial charge in [0.1, 0.15) is 17.5 Å². The fourth-order valence-electron chi connectivity index (χ4n) is 6.02. The van der Waals surface area contributed by atoms with Gasteiger partial charge in [0.25, 0.3) is 6.43 Å². The molecule has 236 valence electrons. The van der Waals surface area contributed by atoms with Crippen molar-refractivity contribution in [1.82, 2.24) is 24.8 Å². The molecule has 3 aliphatic rings. The SMILES string of the molecule is CCCC1CCCCC1.Cc1nc(N2CCOCC2)cc(-n2c(C(F)F)nc3ccccc32)n1.NC(=O)C1CCCNC1. The first kappa shape index (κ1) is 32.7. The van der Waals surface area contributed by atoms with Gasteiger partial charge in [-0.05, 0) is 44.4 Å². The van der Waals surface area contributed by atoms with E-state index >= 15 is 0 Å². The normalized spacial score (nSPS) is 19.4. The summed E-state index contributed by atoms with van der Waals surface area (Å²) in [5, 5.41) is 3.12. The van der Waals surface area contributed by atoms with Crippen LogP contribution in [0.5, 0.6) is 0 Å². The number of benzene rings is 1. The molecule has 2 saturated heterocycles. The van der Waals surface area contributed by atoms with Crippen LogP contribution in [-0.2, 0) is 9.53 Å². The zero-order chi connectivity index (χ0) is 30.6. The second-order valence-corrected chi connectivity index (χ2v) is 11.6. The number of morpholine rings is 1. The molecule has 1 aromatic carbocycles. The average Bonchev–Trinajstić information content (AvgIpc) is 3.43. The molecule has 2 aromatic heterocycles. The number of para-hydroxylation sites is 2. The summed E-state index contributed by atoms with van der Waals surface area (Å²) >= 11 is 0. The maximum atomic E-state index is 13.6. The molecule has 0 radical (unpaired) electrons. The van der Waals surface area contributed by atoms with Gasteiger partial charge in [0.15, 0.2) is 5.82 Å². The van der Waals surface area contributed by atoms with Crippen LogP contribution in [0, 0.1) is 18.8 Å². The molecule has 1 unspecified atom stereocenters. The molecule has 2 aliphatic heterocycles. The Labute approximate surface area is 253 Å². The van der Waals surface area contributed by atoms with Crippen molar-refractivity contribution in [1.29, 1.82) is 0 Å². The van der Waals surface area contributed by atoms with Crippen molar-refractivity contribution in [2.24, 2.45) is 17.6 Å². The Morgan fingerprint density at radius 2 is 1.77 bits per heavy atom. The third-order valence-corrected chi connectivity index (χ3v) is 8.28. The summed E-state index contributed by atoms with van der Waals surface area (Å²) in [5.74, 6) is 2.34. The van der Waals surface area contributed by atoms with E-state index < -0.39 is 6.43 Å². The summed E-state index contributed by atoms with van der Waals surface area (Å²) in [5.41, 5.74) is 6.20. The van der Waals surface area contributed by atoms with Gasteiger partial charge in [-0.2, -0.15) is 0 Å². The number of hydrogen-bond donors (Lipinski definition) is 2. The van der Waals surface area contributed by atoms with Crippen molar-refractivity contribution >= 4 is 22.8 Å². The maximum Gasteiger partial charge on any atom is 0.296 e. The number of nitrogens with one attached hydrogen (secondary N) is 1. The molecular formula is C32H47F2N7O2. The quantitative estimate of drug-likeness (QED) is 0.372. The van der Waals surface area contributed by atoms with Crippen LogP contribution in [0.3, 0.4) is 0 Å². The van der Waals surface area contributed by atoms with Crippen LogP contribution < -0.4 is 16.0 Å². The first-order valence-electron chi connectivity index (χ1n) is 15.8. The number of hydrogen-bond acceptors (Lipinski definition) is 7. The van der Waals surface area contributed by atoms with Crippen LogP contribution in [0.2, 0.25) is 0 Å². The highest BCUT2D eigenvalue weighted by molar-refractivity contribution is 5.78. The molecule has 3 aromatic rings. The summed E-state index contributed by atoms with van der Waals surface area (Å²) in [6, 6.07) is 8.79. The van der Waals surface area contributed by atoms with E-state index in [0.717, 1.165) is 31.8 Å². The van der Waals surface area contributed by atoms with Crippen molar-refractivity contribution in [3.05, 3.63) is 42.0 Å². The summed E-state index contributed by atoms with van der Waals surface area (Å²) in [6.45, 7) is 8.52. The Morgan fingerprint density at radius 1 is 1.05 bits per heavy atom. The number of aromatic nitrogens is 4. The first-order chi connectivity index (χ1) is 20.9. The zero-order valence-corrected chi connectivity index (χ0v) is 25.6. The predicted octanol–water partition coefficient (Wildman–Crippen LogP) is 5.74. The number of amides is 1. The third-order valence-electron chi connectivity index (χ3n) is 8.28. The predicted molar refractivity (Wildman–Crippen MR) is 166 cm³/mol. The Hall–Kier alpha value is -3.18. The lowest BCUT2D eigenvalue weighted by Gasteiger charge is -2.28. The van der Waals surface area contributed by atoms with E-state index in [-0.39, 0.29) is 17.6 Å². The van der Waals surface area contributed by atoms with Gasteiger partial charge in [0.2, 0.25) is 5.91 Å². The number of carbonyl (C=O) groups is 1. The number of primary amides is 1. The fraction of sp³-hybridized carbons (Fsp3) is 0.625. The molecule has 11 heteroatoms. The number of aryl methyl sites for hydroxylation is 1. The third kappa shape index (κ3) is 9.40. The Balaban J connectivity index is 0.000000192. The molecular weight excluding hydrogens is 552 g/mol. The number of imidazole rings is 1. The van der Waals surface area contributed by atoms with E-state index in [1.165, 1.54) is 49.5 Å². The minimum absolute atomic E-state index is 0.0822. The molecule has 3 N–H and O–H groups in total. The van der Waals surface area contributed by atoms with Crippen LogP contribution in [-0.4, -0.2) is 64.8 Å². The number of fused-ring (bicyclic) bond motifs is 1. The van der Waals surface area contributed by atoms with Gasteiger partial charge in [-0.25, -0.2) is 23.7 Å². The van der Waals surface area contributed by atoms with Gasteiger partial charge < -0.3 is 20.7 Å². The maximum absolute atomic E-state index is 13.6. The summed E-state index contributed by atoms with van der Waals surface area (Å²) in [4.78, 5) is 25.5. The number of halogens is 2. The topological polar surface area (TPSA) is 111 Å². The van der Waals surface area contributed by atoms with Gasteiger partial charge in [-0.15, -0.1) is 0 Å². The Bertz CT molecular complexity index is 1280. The molecule has 1 amide bonds. The number of ether oxygens (including phenoxy) is 1. The molecule has 4 heterocycles. The van der Waals surface area contributed by atoms with E-state index in [9.17, 15) is 13.6 Å². The highest BCUT2D eigenvalue weighted by Crippen LogP contribution is 2.29. The van der Waals surface area contributed by atoms with Crippen molar-refractivity contribution in [3.63, 3.8) is 0 Å². The number of piperidine rings is 1. The average molecular weight is 600 g/mol. The van der Waals surface area contributed by atoms with E-state index in [1.807, 2.05) is 0 Å². The largest absolute Gasteiger partial charge is 0.378 e. The van der Waals surface area contributed by atoms with Crippen molar-refractivity contribution in [2.45, 2.75) is 78.1 Å². The lowest BCUT2D eigenvalue weighted by atomic mass is 9.86. The summed E-state index contributed by atoms with van der Waals surface area (Å²) in [6.07, 6.45) is 9.77. The second kappa shape index (κ2) is 16.6. The van der Waals surface area contributed by atoms with E-state index in [2.05, 4.69) is 32.1 Å². The minimum Gasteiger partial charge on any atom is -0.378 e.